The minimum absolute atomic E-state index is 0.108. The third-order valence-corrected chi connectivity index (χ3v) is 3.98. The first-order valence-corrected chi connectivity index (χ1v) is 7.37. The van der Waals surface area contributed by atoms with Gasteiger partial charge < -0.3 is 9.47 Å². The molecule has 0 saturated heterocycles. The summed E-state index contributed by atoms with van der Waals surface area (Å²) in [6.45, 7) is 0. The van der Waals surface area contributed by atoms with Gasteiger partial charge in [-0.3, -0.25) is 4.79 Å². The summed E-state index contributed by atoms with van der Waals surface area (Å²) in [5.74, 6) is 1.12. The van der Waals surface area contributed by atoms with Gasteiger partial charge in [0.1, 0.15) is 11.5 Å². The number of hydrogen-bond acceptors (Lipinski definition) is 3. The molecule has 0 amide bonds. The average Bonchev–Trinajstić information content (AvgIpc) is 2.46. The highest BCUT2D eigenvalue weighted by atomic mass is 79.9. The molecule has 0 aliphatic rings. The normalized spacial score (nSPS) is 10.2. The van der Waals surface area contributed by atoms with Crippen LogP contribution in [-0.4, -0.2) is 20.0 Å². The quantitative estimate of drug-likeness (QED) is 0.712. The molecule has 2 aromatic carbocycles. The van der Waals surface area contributed by atoms with E-state index in [1.807, 2.05) is 6.07 Å². The third-order valence-electron chi connectivity index (χ3n) is 2.83. The van der Waals surface area contributed by atoms with Gasteiger partial charge in [0.25, 0.3) is 0 Å². The van der Waals surface area contributed by atoms with Gasteiger partial charge in [-0.25, -0.2) is 0 Å². The van der Waals surface area contributed by atoms with E-state index in [0.717, 1.165) is 4.47 Å². The maximum absolute atomic E-state index is 12.6. The number of ketones is 1. The van der Waals surface area contributed by atoms with Gasteiger partial charge in [-0.2, -0.15) is 0 Å². The van der Waals surface area contributed by atoms with Crippen LogP contribution in [0.1, 0.15) is 15.9 Å². The summed E-state index contributed by atoms with van der Waals surface area (Å²) in [4.78, 5) is 12.6. The van der Waals surface area contributed by atoms with Crippen LogP contribution in [0.2, 0.25) is 0 Å². The Morgan fingerprint density at radius 3 is 2.25 bits per heavy atom. The van der Waals surface area contributed by atoms with Crippen LogP contribution in [0.15, 0.2) is 45.3 Å². The predicted octanol–water partition coefficient (Wildman–Crippen LogP) is 4.46. The fraction of sp³-hybridized carbons (Fsp3) is 0.133. The highest BCUT2D eigenvalue weighted by Gasteiger charge is 2.17. The first-order chi connectivity index (χ1) is 9.56. The zero-order valence-corrected chi connectivity index (χ0v) is 14.1. The lowest BCUT2D eigenvalue weighted by Gasteiger charge is -2.10. The lowest BCUT2D eigenvalue weighted by molar-refractivity contribution is 0.103. The number of hydrogen-bond donors (Lipinski definition) is 0. The van der Waals surface area contributed by atoms with Crippen molar-refractivity contribution >= 4 is 37.6 Å². The molecule has 0 atom stereocenters. The van der Waals surface area contributed by atoms with Gasteiger partial charge in [-0.15, -0.1) is 0 Å². The van der Waals surface area contributed by atoms with E-state index in [2.05, 4.69) is 31.9 Å². The minimum Gasteiger partial charge on any atom is -0.497 e. The molecule has 0 N–H and O–H groups in total. The molecule has 0 aliphatic heterocycles. The SMILES string of the molecule is COc1ccc(C(=O)c2ccc(Br)cc2OC)c(Br)c1. The van der Waals surface area contributed by atoms with Crippen molar-refractivity contribution in [3.8, 4) is 11.5 Å². The summed E-state index contributed by atoms with van der Waals surface area (Å²) in [6.07, 6.45) is 0. The van der Waals surface area contributed by atoms with E-state index in [1.54, 1.807) is 44.6 Å². The second kappa shape index (κ2) is 6.41. The molecule has 0 fully saturated rings. The van der Waals surface area contributed by atoms with Crippen LogP contribution in [0.25, 0.3) is 0 Å². The van der Waals surface area contributed by atoms with Crippen LogP contribution in [0, 0.1) is 0 Å². The van der Waals surface area contributed by atoms with Crippen molar-refractivity contribution in [1.82, 2.24) is 0 Å². The standard InChI is InChI=1S/C15H12Br2O3/c1-19-10-4-6-11(13(17)8-10)15(18)12-5-3-9(16)7-14(12)20-2/h3-8H,1-2H3. The second-order valence-electron chi connectivity index (χ2n) is 4.02. The third kappa shape index (κ3) is 3.04. The zero-order valence-electron chi connectivity index (χ0n) is 10.9. The van der Waals surface area contributed by atoms with Crippen molar-refractivity contribution in [2.75, 3.05) is 14.2 Å². The Hall–Kier alpha value is -1.33. The summed E-state index contributed by atoms with van der Waals surface area (Å²) in [5.41, 5.74) is 1.08. The summed E-state index contributed by atoms with van der Waals surface area (Å²) in [5, 5.41) is 0. The van der Waals surface area contributed by atoms with Crippen LogP contribution < -0.4 is 9.47 Å². The van der Waals surface area contributed by atoms with Crippen LogP contribution in [0.5, 0.6) is 11.5 Å². The van der Waals surface area contributed by atoms with Crippen molar-refractivity contribution in [2.24, 2.45) is 0 Å². The molecule has 0 spiro atoms. The maximum Gasteiger partial charge on any atom is 0.197 e. The van der Waals surface area contributed by atoms with E-state index >= 15 is 0 Å². The van der Waals surface area contributed by atoms with Crippen molar-refractivity contribution in [3.63, 3.8) is 0 Å². The first-order valence-electron chi connectivity index (χ1n) is 5.78. The van der Waals surface area contributed by atoms with Crippen LogP contribution >= 0.6 is 31.9 Å². The number of rotatable bonds is 4. The average molecular weight is 400 g/mol. The second-order valence-corrected chi connectivity index (χ2v) is 5.79. The smallest absolute Gasteiger partial charge is 0.197 e. The van der Waals surface area contributed by atoms with Gasteiger partial charge in [0.05, 0.1) is 19.8 Å². The van der Waals surface area contributed by atoms with E-state index in [-0.39, 0.29) is 5.78 Å². The molecule has 20 heavy (non-hydrogen) atoms. The van der Waals surface area contributed by atoms with Gasteiger partial charge in [-0.1, -0.05) is 15.9 Å². The number of halogens is 2. The van der Waals surface area contributed by atoms with E-state index in [4.69, 9.17) is 9.47 Å². The lowest BCUT2D eigenvalue weighted by Crippen LogP contribution is -2.05. The molecule has 0 unspecified atom stereocenters. The highest BCUT2D eigenvalue weighted by molar-refractivity contribution is 9.10. The molecule has 104 valence electrons. The molecule has 0 aliphatic carbocycles. The summed E-state index contributed by atoms with van der Waals surface area (Å²) >= 11 is 6.75. The van der Waals surface area contributed by atoms with E-state index in [1.165, 1.54) is 0 Å². The summed E-state index contributed by atoms with van der Waals surface area (Å²) in [6, 6.07) is 10.6. The molecule has 2 rings (SSSR count). The molecular formula is C15H12Br2O3. The van der Waals surface area contributed by atoms with Crippen molar-refractivity contribution in [2.45, 2.75) is 0 Å². The number of carbonyl (C=O) groups is 1. The van der Waals surface area contributed by atoms with Crippen LogP contribution in [0.3, 0.4) is 0 Å². The Labute approximate surface area is 134 Å². The number of ether oxygens (including phenoxy) is 2. The Kier molecular flexibility index (Phi) is 4.83. The summed E-state index contributed by atoms with van der Waals surface area (Å²) in [7, 11) is 3.13. The Balaban J connectivity index is 2.46. The predicted molar refractivity (Wildman–Crippen MR) is 84.8 cm³/mol. The molecule has 0 saturated carbocycles. The topological polar surface area (TPSA) is 35.5 Å². The molecule has 0 aromatic heterocycles. The van der Waals surface area contributed by atoms with Gasteiger partial charge in [0.2, 0.25) is 0 Å². The van der Waals surface area contributed by atoms with Crippen molar-refractivity contribution in [1.29, 1.82) is 0 Å². The Bertz CT molecular complexity index is 654. The molecule has 0 heterocycles. The number of carbonyl (C=O) groups excluding carboxylic acids is 1. The summed E-state index contributed by atoms with van der Waals surface area (Å²) < 4.78 is 11.9. The maximum atomic E-state index is 12.6. The first kappa shape index (κ1) is 15.1. The van der Waals surface area contributed by atoms with E-state index in [9.17, 15) is 4.79 Å². The number of methoxy groups -OCH3 is 2. The monoisotopic (exact) mass is 398 g/mol. The van der Waals surface area contributed by atoms with Gasteiger partial charge in [0.15, 0.2) is 5.78 Å². The number of benzene rings is 2. The van der Waals surface area contributed by atoms with Gasteiger partial charge in [0, 0.05) is 14.5 Å². The van der Waals surface area contributed by atoms with Gasteiger partial charge in [-0.05, 0) is 52.3 Å². The molecule has 0 bridgehead atoms. The fourth-order valence-electron chi connectivity index (χ4n) is 1.80. The zero-order chi connectivity index (χ0) is 14.7. The van der Waals surface area contributed by atoms with Crippen molar-refractivity contribution in [3.05, 3.63) is 56.5 Å². The molecule has 2 aromatic rings. The van der Waals surface area contributed by atoms with Gasteiger partial charge >= 0.3 is 0 Å². The Morgan fingerprint density at radius 2 is 1.65 bits per heavy atom. The largest absolute Gasteiger partial charge is 0.497 e. The fourth-order valence-corrected chi connectivity index (χ4v) is 2.68. The lowest BCUT2D eigenvalue weighted by atomic mass is 10.0. The molecule has 3 nitrogen and oxygen atoms in total. The minimum atomic E-state index is -0.108. The molecular weight excluding hydrogens is 388 g/mol. The van der Waals surface area contributed by atoms with Crippen LogP contribution in [-0.2, 0) is 0 Å². The Morgan fingerprint density at radius 1 is 0.950 bits per heavy atom. The van der Waals surface area contributed by atoms with E-state index < -0.39 is 0 Å². The molecule has 0 radical (unpaired) electrons. The van der Waals surface area contributed by atoms with Crippen molar-refractivity contribution < 1.29 is 14.3 Å². The van der Waals surface area contributed by atoms with Crippen LogP contribution in [0.4, 0.5) is 0 Å². The molecule has 5 heteroatoms. The highest BCUT2D eigenvalue weighted by Crippen LogP contribution is 2.29. The van der Waals surface area contributed by atoms with E-state index in [0.29, 0.717) is 27.1 Å².